The molecule has 8 nitrogen and oxygen atoms in total. The molecule has 0 saturated carbocycles. The van der Waals surface area contributed by atoms with Gasteiger partial charge in [-0.15, -0.1) is 0 Å². The van der Waals surface area contributed by atoms with Crippen molar-refractivity contribution in [1.82, 2.24) is 4.90 Å². The molecule has 0 radical (unpaired) electrons. The molecule has 0 spiro atoms. The lowest BCUT2D eigenvalue weighted by atomic mass is 10.2. The minimum atomic E-state index is -0.586. The minimum absolute atomic E-state index is 0.160. The molecule has 12 heteroatoms. The van der Waals surface area contributed by atoms with Crippen molar-refractivity contribution in [2.75, 3.05) is 25.6 Å². The second kappa shape index (κ2) is 11.2. The van der Waals surface area contributed by atoms with Gasteiger partial charge in [0, 0.05) is 0 Å². The molecule has 2 aromatic carbocycles. The molecular weight excluding hydrogens is 604 g/mol. The van der Waals surface area contributed by atoms with E-state index in [1.807, 2.05) is 0 Å². The second-order valence-electron chi connectivity index (χ2n) is 6.47. The fraction of sp³-hybridized carbons (Fsp3) is 0.143. The maximum absolute atomic E-state index is 12.7. The summed E-state index contributed by atoms with van der Waals surface area (Å²) in [5.74, 6) is -1.30. The van der Waals surface area contributed by atoms with E-state index in [9.17, 15) is 19.2 Å². The molecule has 0 aliphatic carbocycles. The first kappa shape index (κ1) is 25.3. The van der Waals surface area contributed by atoms with Crippen molar-refractivity contribution in [3.05, 3.63) is 60.8 Å². The van der Waals surface area contributed by atoms with Gasteiger partial charge in [-0.1, -0.05) is 23.7 Å². The summed E-state index contributed by atoms with van der Waals surface area (Å²) in [4.78, 5) is 49.7. The number of carbonyl (C=O) groups excluding carboxylic acids is 4. The molecule has 0 aromatic heterocycles. The molecule has 1 fully saturated rings. The number of para-hydroxylation sites is 1. The van der Waals surface area contributed by atoms with Gasteiger partial charge in [0.1, 0.15) is 12.3 Å². The topological polar surface area (TPSA) is 102 Å². The highest BCUT2D eigenvalue weighted by Gasteiger charge is 2.36. The van der Waals surface area contributed by atoms with Gasteiger partial charge in [0.2, 0.25) is 5.91 Å². The van der Waals surface area contributed by atoms with Gasteiger partial charge in [0.25, 0.3) is 11.1 Å². The number of esters is 1. The van der Waals surface area contributed by atoms with Crippen LogP contribution in [0.4, 0.5) is 10.5 Å². The number of rotatable bonds is 7. The summed E-state index contributed by atoms with van der Waals surface area (Å²) in [5, 5.41) is 2.37. The summed E-state index contributed by atoms with van der Waals surface area (Å²) in [7, 11) is 1.26. The molecule has 1 heterocycles. The number of nitrogens with one attached hydrogen (secondary N) is 1. The lowest BCUT2D eigenvalue weighted by Gasteiger charge is -2.13. The van der Waals surface area contributed by atoms with Crippen LogP contribution in [0.5, 0.6) is 5.75 Å². The fourth-order valence-electron chi connectivity index (χ4n) is 2.67. The van der Waals surface area contributed by atoms with Crippen LogP contribution in [0.15, 0.2) is 50.2 Å². The molecule has 3 amide bonds. The number of nitrogens with zero attached hydrogens (tertiary/aromatic N) is 1. The van der Waals surface area contributed by atoms with E-state index in [2.05, 4.69) is 41.9 Å². The molecule has 0 atom stereocenters. The number of hydrogen-bond acceptors (Lipinski definition) is 7. The smallest absolute Gasteiger partial charge is 0.343 e. The molecule has 1 aliphatic heterocycles. The van der Waals surface area contributed by atoms with Crippen LogP contribution in [0.25, 0.3) is 6.08 Å². The molecule has 1 N–H and O–H groups in total. The summed E-state index contributed by atoms with van der Waals surface area (Å²) in [6.45, 7) is -0.719. The summed E-state index contributed by atoms with van der Waals surface area (Å²) < 4.78 is 11.0. The van der Waals surface area contributed by atoms with Crippen LogP contribution >= 0.6 is 55.2 Å². The Labute approximate surface area is 214 Å². The number of benzene rings is 2. The van der Waals surface area contributed by atoms with Gasteiger partial charge in [-0.3, -0.25) is 19.3 Å². The monoisotopic (exact) mass is 616 g/mol. The van der Waals surface area contributed by atoms with Crippen molar-refractivity contribution in [1.29, 1.82) is 0 Å². The van der Waals surface area contributed by atoms with E-state index in [1.165, 1.54) is 13.2 Å². The van der Waals surface area contributed by atoms with Crippen LogP contribution < -0.4 is 10.1 Å². The quantitative estimate of drug-likeness (QED) is 0.341. The highest BCUT2D eigenvalue weighted by atomic mass is 79.9. The number of anilines is 1. The second-order valence-corrected chi connectivity index (χ2v) is 9.58. The van der Waals surface area contributed by atoms with Crippen LogP contribution in [0, 0.1) is 0 Å². The Bertz CT molecular complexity index is 1150. The number of halogens is 3. The molecule has 0 unspecified atom stereocenters. The van der Waals surface area contributed by atoms with Crippen molar-refractivity contribution in [2.24, 2.45) is 0 Å². The van der Waals surface area contributed by atoms with Crippen LogP contribution in [0.2, 0.25) is 5.02 Å². The van der Waals surface area contributed by atoms with Crippen molar-refractivity contribution in [2.45, 2.75) is 0 Å². The van der Waals surface area contributed by atoms with Gasteiger partial charge in [-0.25, -0.2) is 4.79 Å². The van der Waals surface area contributed by atoms with E-state index in [0.717, 1.165) is 16.7 Å². The number of methoxy groups -OCH3 is 1. The zero-order valence-corrected chi connectivity index (χ0v) is 21.6. The Kier molecular flexibility index (Phi) is 8.57. The van der Waals surface area contributed by atoms with Gasteiger partial charge >= 0.3 is 5.97 Å². The molecule has 2 aromatic rings. The standard InChI is InChI=1S/C21H15Br2ClN2O6S/c1-31-18(28)10-32-19-12(22)6-11(7-13(19)23)8-16-20(29)26(21(30)33-16)9-17(27)25-15-5-3-2-4-14(15)24/h2-8H,9-10H2,1H3,(H,25,27)/b16-8+. The number of amides is 3. The van der Waals surface area contributed by atoms with Crippen molar-refractivity contribution >= 4 is 90.0 Å². The van der Waals surface area contributed by atoms with Crippen LogP contribution in [-0.4, -0.2) is 48.2 Å². The average Bonchev–Trinajstić information content (AvgIpc) is 3.01. The van der Waals surface area contributed by atoms with E-state index in [-0.39, 0.29) is 11.5 Å². The third kappa shape index (κ3) is 6.38. The Morgan fingerprint density at radius 2 is 1.85 bits per heavy atom. The average molecular weight is 619 g/mol. The van der Waals surface area contributed by atoms with E-state index in [0.29, 0.717) is 31.0 Å². The molecule has 3 rings (SSSR count). The van der Waals surface area contributed by atoms with Gasteiger partial charge < -0.3 is 14.8 Å². The Balaban J connectivity index is 1.72. The highest BCUT2D eigenvalue weighted by molar-refractivity contribution is 9.11. The SMILES string of the molecule is COC(=O)COc1c(Br)cc(/C=C2/SC(=O)N(CC(=O)Nc3ccccc3Cl)C2=O)cc1Br. The summed E-state index contributed by atoms with van der Waals surface area (Å²) in [6.07, 6.45) is 1.52. The lowest BCUT2D eigenvalue weighted by Crippen LogP contribution is -2.36. The molecule has 33 heavy (non-hydrogen) atoms. The van der Waals surface area contributed by atoms with Crippen molar-refractivity contribution < 1.29 is 28.7 Å². The zero-order valence-electron chi connectivity index (χ0n) is 16.9. The first-order valence-corrected chi connectivity index (χ1v) is 12.0. The van der Waals surface area contributed by atoms with Crippen LogP contribution in [-0.2, 0) is 19.1 Å². The Morgan fingerprint density at radius 3 is 2.48 bits per heavy atom. The predicted octanol–water partition coefficient (Wildman–Crippen LogP) is 5.09. The van der Waals surface area contributed by atoms with E-state index in [1.54, 1.807) is 36.4 Å². The highest BCUT2D eigenvalue weighted by Crippen LogP contribution is 2.37. The Hall–Kier alpha value is -2.34. The van der Waals surface area contributed by atoms with E-state index in [4.69, 9.17) is 16.3 Å². The first-order valence-electron chi connectivity index (χ1n) is 9.18. The zero-order chi connectivity index (χ0) is 24.1. The summed E-state index contributed by atoms with van der Waals surface area (Å²) in [6, 6.07) is 9.97. The van der Waals surface area contributed by atoms with Crippen LogP contribution in [0.3, 0.4) is 0 Å². The van der Waals surface area contributed by atoms with E-state index < -0.39 is 29.6 Å². The van der Waals surface area contributed by atoms with E-state index >= 15 is 0 Å². The third-order valence-electron chi connectivity index (χ3n) is 4.20. The maximum atomic E-state index is 12.7. The first-order chi connectivity index (χ1) is 15.7. The largest absolute Gasteiger partial charge is 0.480 e. The lowest BCUT2D eigenvalue weighted by molar-refractivity contribution is -0.143. The predicted molar refractivity (Wildman–Crippen MR) is 132 cm³/mol. The number of hydrogen-bond donors (Lipinski definition) is 1. The number of ether oxygens (including phenoxy) is 2. The molecule has 1 saturated heterocycles. The minimum Gasteiger partial charge on any atom is -0.480 e. The van der Waals surface area contributed by atoms with Gasteiger partial charge in [0.15, 0.2) is 6.61 Å². The van der Waals surface area contributed by atoms with Crippen LogP contribution in [0.1, 0.15) is 5.56 Å². The summed E-state index contributed by atoms with van der Waals surface area (Å²) in [5.41, 5.74) is 0.973. The normalized spacial score (nSPS) is 14.5. The molecule has 172 valence electrons. The number of thioether (sulfide) groups is 1. The Morgan fingerprint density at radius 1 is 1.18 bits per heavy atom. The molecule has 0 bridgehead atoms. The summed E-state index contributed by atoms with van der Waals surface area (Å²) >= 11 is 13.5. The number of carbonyl (C=O) groups is 4. The molecular formula is C21H15Br2ClN2O6S. The van der Waals surface area contributed by atoms with Gasteiger partial charge in [0.05, 0.1) is 31.7 Å². The maximum Gasteiger partial charge on any atom is 0.343 e. The van der Waals surface area contributed by atoms with Gasteiger partial charge in [-0.05, 0) is 79.5 Å². The number of imide groups is 1. The van der Waals surface area contributed by atoms with Crippen molar-refractivity contribution in [3.8, 4) is 5.75 Å². The molecule has 1 aliphatic rings. The van der Waals surface area contributed by atoms with Gasteiger partial charge in [-0.2, -0.15) is 0 Å². The fourth-order valence-corrected chi connectivity index (χ4v) is 5.15. The third-order valence-corrected chi connectivity index (χ3v) is 6.62. The van der Waals surface area contributed by atoms with Crippen molar-refractivity contribution in [3.63, 3.8) is 0 Å².